The molecular weight excluding hydrogens is 711 g/mol. The molecule has 6 nitrogen and oxygen atoms in total. The summed E-state index contributed by atoms with van der Waals surface area (Å²) in [6, 6.07) is 32.1. The Morgan fingerprint density at radius 3 is 2.28 bits per heavy atom. The molecule has 0 saturated carbocycles. The van der Waals surface area contributed by atoms with Crippen LogP contribution in [0.15, 0.2) is 79.0 Å². The fourth-order valence-electron chi connectivity index (χ4n) is 7.16. The Hall–Kier alpha value is -4.70. The van der Waals surface area contributed by atoms with Crippen LogP contribution in [0.2, 0.25) is 0 Å². The van der Waals surface area contributed by atoms with E-state index in [4.69, 9.17) is 14.6 Å². The van der Waals surface area contributed by atoms with Crippen LogP contribution in [-0.4, -0.2) is 26.4 Å². The van der Waals surface area contributed by atoms with E-state index < -0.39 is 0 Å². The minimum atomic E-state index is 0. The molecule has 50 heavy (non-hydrogen) atoms. The number of para-hydroxylation sites is 1. The van der Waals surface area contributed by atoms with Crippen molar-refractivity contribution in [2.75, 3.05) is 7.11 Å². The number of nitrogens with zero attached hydrogens (tertiary/aromatic N) is 4. The van der Waals surface area contributed by atoms with E-state index in [1.807, 2.05) is 30.3 Å². The summed E-state index contributed by atoms with van der Waals surface area (Å²) in [5.41, 5.74) is 12.6. The molecule has 4 aromatic carbocycles. The summed E-state index contributed by atoms with van der Waals surface area (Å²) < 4.78 is 16.3. The number of rotatable bonds is 10. The van der Waals surface area contributed by atoms with E-state index in [9.17, 15) is 0 Å². The number of aryl methyl sites for hydroxylation is 5. The number of hydrogen-bond donors (Lipinski definition) is 0. The molecule has 0 N–H and O–H groups in total. The van der Waals surface area contributed by atoms with Gasteiger partial charge in [-0.1, -0.05) is 68.6 Å². The van der Waals surface area contributed by atoms with E-state index in [1.165, 1.54) is 33.5 Å². The van der Waals surface area contributed by atoms with E-state index in [0.29, 0.717) is 11.5 Å². The van der Waals surface area contributed by atoms with Gasteiger partial charge in [-0.25, -0.2) is 4.98 Å². The van der Waals surface area contributed by atoms with Crippen LogP contribution in [0.1, 0.15) is 60.3 Å². The summed E-state index contributed by atoms with van der Waals surface area (Å²) in [5, 5.41) is 7.44. The second-order valence-electron chi connectivity index (χ2n) is 12.9. The van der Waals surface area contributed by atoms with Crippen LogP contribution in [0.25, 0.3) is 44.4 Å². The average molecular weight is 753 g/mol. The molecule has 0 spiro atoms. The Morgan fingerprint density at radius 1 is 0.780 bits per heavy atom. The van der Waals surface area contributed by atoms with Gasteiger partial charge in [-0.2, -0.15) is 16.7 Å². The van der Waals surface area contributed by atoms with Crippen LogP contribution in [-0.2, 0) is 33.3 Å². The molecule has 0 atom stereocenters. The zero-order valence-electron chi connectivity index (χ0n) is 29.8. The number of benzene rings is 4. The summed E-state index contributed by atoms with van der Waals surface area (Å²) in [5.74, 6) is 2.71. The van der Waals surface area contributed by atoms with Crippen molar-refractivity contribution in [1.29, 1.82) is 0 Å². The smallest absolute Gasteiger partial charge is 0.509 e. The van der Waals surface area contributed by atoms with Crippen molar-refractivity contribution in [3.05, 3.63) is 125 Å². The fraction of sp³-hybridized carbons (Fsp3) is 0.256. The Labute approximate surface area is 308 Å². The minimum Gasteiger partial charge on any atom is -0.509 e. The molecule has 0 fully saturated rings. The average Bonchev–Trinajstić information content (AvgIpc) is 3.62. The summed E-state index contributed by atoms with van der Waals surface area (Å²) >= 11 is 0. The molecule has 3 aromatic heterocycles. The molecule has 0 aliphatic rings. The monoisotopic (exact) mass is 752 g/mol. The number of fused-ring (bicyclic) bond motifs is 3. The third-order valence-electron chi connectivity index (χ3n) is 9.24. The molecule has 7 rings (SSSR count). The topological polar surface area (TPSA) is 54.1 Å². The van der Waals surface area contributed by atoms with Gasteiger partial charge in [0.15, 0.2) is 0 Å². The largest absolute Gasteiger partial charge is 2.00 e. The molecule has 0 aliphatic heterocycles. The SMILES string of the molecule is CCCCc1c(-c2c(C)cc(C)cc2C)c(CC)nn1-c1[c-]c(Oc2[c-]c3c(cc2)c2ccccc2n3-c2cc(OC)ccn2)cc(C)c1.[Pd+2]. The molecule has 7 heteroatoms. The summed E-state index contributed by atoms with van der Waals surface area (Å²) in [7, 11) is 1.67. The maximum atomic E-state index is 6.57. The maximum absolute atomic E-state index is 6.57. The number of ether oxygens (including phenoxy) is 2. The van der Waals surface area contributed by atoms with Gasteiger partial charge in [-0.15, -0.1) is 35.7 Å². The van der Waals surface area contributed by atoms with Gasteiger partial charge in [0.1, 0.15) is 11.6 Å². The summed E-state index contributed by atoms with van der Waals surface area (Å²) in [6.07, 6.45) is 5.71. The molecule has 7 aromatic rings. The molecule has 0 bridgehead atoms. The van der Waals surface area contributed by atoms with Gasteiger partial charge in [0.25, 0.3) is 0 Å². The maximum Gasteiger partial charge on any atom is 2.00 e. The first-order valence-electron chi connectivity index (χ1n) is 17.2. The number of methoxy groups -OCH3 is 1. The van der Waals surface area contributed by atoms with Crippen LogP contribution >= 0.6 is 0 Å². The standard InChI is InChI=1S/C43H42N4O2.Pd/c1-8-10-14-39-43(42-29(5)20-27(3)21-30(42)6)37(9-2)45-47(39)31-22-28(4)23-34(24-31)49-33-16-17-36-35-13-11-12-15-38(35)46(40(36)25-33)41-26-32(48-7)18-19-44-41;/h11-13,15-23,26H,8-10,14H2,1-7H3;/q-2;+2. The first-order chi connectivity index (χ1) is 23.8. The second-order valence-corrected chi connectivity index (χ2v) is 12.9. The van der Waals surface area contributed by atoms with Crippen LogP contribution in [0.4, 0.5) is 0 Å². The molecule has 256 valence electrons. The van der Waals surface area contributed by atoms with E-state index >= 15 is 0 Å². The normalized spacial score (nSPS) is 11.3. The zero-order chi connectivity index (χ0) is 34.2. The number of hydrogen-bond acceptors (Lipinski definition) is 4. The van der Waals surface area contributed by atoms with Crippen molar-refractivity contribution in [3.63, 3.8) is 0 Å². The second kappa shape index (κ2) is 14.6. The first-order valence-corrected chi connectivity index (χ1v) is 17.2. The molecule has 0 aliphatic carbocycles. The quantitative estimate of drug-likeness (QED) is 0.103. The van der Waals surface area contributed by atoms with Crippen molar-refractivity contribution in [1.82, 2.24) is 19.3 Å². The third kappa shape index (κ3) is 6.49. The molecule has 0 unspecified atom stereocenters. The number of aromatic nitrogens is 4. The van der Waals surface area contributed by atoms with Crippen LogP contribution < -0.4 is 9.47 Å². The van der Waals surface area contributed by atoms with E-state index in [-0.39, 0.29) is 20.4 Å². The van der Waals surface area contributed by atoms with Gasteiger partial charge in [-0.05, 0) is 79.9 Å². The Kier molecular flexibility index (Phi) is 10.3. The predicted octanol–water partition coefficient (Wildman–Crippen LogP) is 10.6. The third-order valence-corrected chi connectivity index (χ3v) is 9.24. The molecular formula is C43H42N4O2Pd. The van der Waals surface area contributed by atoms with Crippen molar-refractivity contribution < 1.29 is 29.9 Å². The van der Waals surface area contributed by atoms with Gasteiger partial charge in [-0.3, -0.25) is 4.68 Å². The predicted molar refractivity (Wildman–Crippen MR) is 199 cm³/mol. The summed E-state index contributed by atoms with van der Waals surface area (Å²) in [4.78, 5) is 4.69. The number of unbranched alkanes of at least 4 members (excludes halogenated alkanes) is 1. The Balaban J connectivity index is 0.00000432. The first kappa shape index (κ1) is 35.1. The Morgan fingerprint density at radius 2 is 1.54 bits per heavy atom. The fourth-order valence-corrected chi connectivity index (χ4v) is 7.16. The molecule has 0 saturated heterocycles. The van der Waals surface area contributed by atoms with E-state index in [0.717, 1.165) is 76.0 Å². The van der Waals surface area contributed by atoms with E-state index in [2.05, 4.69) is 110 Å². The molecule has 0 amide bonds. The van der Waals surface area contributed by atoms with Crippen molar-refractivity contribution in [2.24, 2.45) is 0 Å². The summed E-state index contributed by atoms with van der Waals surface area (Å²) in [6.45, 7) is 13.1. The zero-order valence-corrected chi connectivity index (χ0v) is 31.3. The minimum absolute atomic E-state index is 0. The Bertz CT molecular complexity index is 2310. The van der Waals surface area contributed by atoms with Gasteiger partial charge < -0.3 is 14.0 Å². The molecule has 3 heterocycles. The van der Waals surface area contributed by atoms with Crippen molar-refractivity contribution in [3.8, 4) is 39.9 Å². The van der Waals surface area contributed by atoms with Crippen molar-refractivity contribution >= 4 is 21.8 Å². The van der Waals surface area contributed by atoms with Gasteiger partial charge in [0, 0.05) is 40.5 Å². The van der Waals surface area contributed by atoms with Crippen LogP contribution in [0.5, 0.6) is 17.2 Å². The van der Waals surface area contributed by atoms with Gasteiger partial charge >= 0.3 is 20.4 Å². The van der Waals surface area contributed by atoms with E-state index in [1.54, 1.807) is 13.3 Å². The number of pyridine rings is 1. The van der Waals surface area contributed by atoms with Crippen molar-refractivity contribution in [2.45, 2.75) is 67.2 Å². The molecule has 0 radical (unpaired) electrons. The van der Waals surface area contributed by atoms with Gasteiger partial charge in [0.2, 0.25) is 0 Å². The van der Waals surface area contributed by atoms with Gasteiger partial charge in [0.05, 0.1) is 12.8 Å². The van der Waals surface area contributed by atoms with Crippen LogP contribution in [0.3, 0.4) is 0 Å². The van der Waals surface area contributed by atoms with Crippen LogP contribution in [0, 0.1) is 39.8 Å².